The molecule has 2 heterocycles. The Bertz CT molecular complexity index is 345. The lowest BCUT2D eigenvalue weighted by Crippen LogP contribution is -2.35. The van der Waals surface area contributed by atoms with Gasteiger partial charge in [0, 0.05) is 31.5 Å². The Morgan fingerprint density at radius 2 is 2.31 bits per heavy atom. The van der Waals surface area contributed by atoms with Crippen LogP contribution in [0.2, 0.25) is 0 Å². The van der Waals surface area contributed by atoms with E-state index in [0.29, 0.717) is 6.04 Å². The molecule has 1 atom stereocenters. The maximum absolute atomic E-state index is 5.77. The highest BCUT2D eigenvalue weighted by Crippen LogP contribution is 2.22. The van der Waals surface area contributed by atoms with Crippen LogP contribution < -0.4 is 5.73 Å². The number of nitrogens with zero attached hydrogens (tertiary/aromatic N) is 3. The van der Waals surface area contributed by atoms with Gasteiger partial charge in [-0.2, -0.15) is 0 Å². The van der Waals surface area contributed by atoms with Crippen LogP contribution in [0.3, 0.4) is 0 Å². The topological polar surface area (TPSA) is 55.0 Å². The normalized spacial score (nSPS) is 21.5. The molecule has 1 aromatic rings. The first-order chi connectivity index (χ1) is 7.85. The molecule has 1 aliphatic heterocycles. The fraction of sp³-hybridized carbons (Fsp3) is 0.636. The molecule has 0 saturated carbocycles. The lowest BCUT2D eigenvalue weighted by atomic mass is 10.2. The van der Waals surface area contributed by atoms with Gasteiger partial charge < -0.3 is 5.73 Å². The van der Waals surface area contributed by atoms with E-state index in [9.17, 15) is 0 Å². The first-order valence-corrected chi connectivity index (χ1v) is 6.85. The predicted molar refractivity (Wildman–Crippen MR) is 66.3 cm³/mol. The predicted octanol–water partition coefficient (Wildman–Crippen LogP) is 1.12. The molecule has 1 aliphatic rings. The van der Waals surface area contributed by atoms with Crippen molar-refractivity contribution >= 4 is 11.8 Å². The quantitative estimate of drug-likeness (QED) is 0.797. The molecular formula is C11H18N4S. The Hall–Kier alpha value is -0.650. The summed E-state index contributed by atoms with van der Waals surface area (Å²) in [4.78, 5) is 11.2. The van der Waals surface area contributed by atoms with Crippen LogP contribution in [-0.4, -0.2) is 40.3 Å². The number of hydrogen-bond acceptors (Lipinski definition) is 5. The van der Waals surface area contributed by atoms with Crippen molar-refractivity contribution in [2.45, 2.75) is 30.5 Å². The van der Waals surface area contributed by atoms with E-state index in [1.54, 1.807) is 24.2 Å². The van der Waals surface area contributed by atoms with Gasteiger partial charge in [-0.25, -0.2) is 4.98 Å². The standard InChI is InChI=1S/C11H18N4S/c1-16-11-10(13-4-5-14-11)8-15-6-2-3-9(15)7-12/h4-5,9H,2-3,6-8,12H2,1H3. The summed E-state index contributed by atoms with van der Waals surface area (Å²) in [6.45, 7) is 2.76. The molecule has 0 radical (unpaired) electrons. The van der Waals surface area contributed by atoms with Crippen LogP contribution in [-0.2, 0) is 6.54 Å². The molecule has 4 nitrogen and oxygen atoms in total. The molecule has 1 fully saturated rings. The second-order valence-electron chi connectivity index (χ2n) is 4.01. The Kier molecular flexibility index (Phi) is 4.15. The molecule has 16 heavy (non-hydrogen) atoms. The van der Waals surface area contributed by atoms with E-state index >= 15 is 0 Å². The van der Waals surface area contributed by atoms with Crippen molar-refractivity contribution < 1.29 is 0 Å². The smallest absolute Gasteiger partial charge is 0.119 e. The van der Waals surface area contributed by atoms with Crippen LogP contribution in [0.1, 0.15) is 18.5 Å². The summed E-state index contributed by atoms with van der Waals surface area (Å²) in [7, 11) is 0. The molecule has 0 bridgehead atoms. The molecule has 0 aliphatic carbocycles. The fourth-order valence-corrected chi connectivity index (χ4v) is 2.71. The van der Waals surface area contributed by atoms with Gasteiger partial charge in [0.15, 0.2) is 0 Å². The van der Waals surface area contributed by atoms with Crippen molar-refractivity contribution in [3.8, 4) is 0 Å². The van der Waals surface area contributed by atoms with Crippen LogP contribution >= 0.6 is 11.8 Å². The van der Waals surface area contributed by atoms with E-state index < -0.39 is 0 Å². The number of thioether (sulfide) groups is 1. The lowest BCUT2D eigenvalue weighted by Gasteiger charge is -2.23. The number of hydrogen-bond donors (Lipinski definition) is 1. The third kappa shape index (κ3) is 2.53. The average molecular weight is 238 g/mol. The van der Waals surface area contributed by atoms with Crippen molar-refractivity contribution in [2.75, 3.05) is 19.3 Å². The number of rotatable bonds is 4. The average Bonchev–Trinajstić information content (AvgIpc) is 2.77. The van der Waals surface area contributed by atoms with Gasteiger partial charge in [-0.05, 0) is 25.6 Å². The van der Waals surface area contributed by atoms with E-state index in [4.69, 9.17) is 5.73 Å². The van der Waals surface area contributed by atoms with Crippen LogP contribution in [0.5, 0.6) is 0 Å². The fourth-order valence-electron chi connectivity index (χ4n) is 2.20. The van der Waals surface area contributed by atoms with Gasteiger partial charge in [-0.15, -0.1) is 11.8 Å². The minimum absolute atomic E-state index is 0.525. The highest BCUT2D eigenvalue weighted by molar-refractivity contribution is 7.98. The van der Waals surface area contributed by atoms with E-state index in [1.165, 1.54) is 12.8 Å². The summed E-state index contributed by atoms with van der Waals surface area (Å²) in [5.41, 5.74) is 6.84. The molecule has 88 valence electrons. The van der Waals surface area contributed by atoms with Gasteiger partial charge in [-0.3, -0.25) is 9.88 Å². The monoisotopic (exact) mass is 238 g/mol. The van der Waals surface area contributed by atoms with Gasteiger partial charge in [0.05, 0.1) is 5.69 Å². The minimum Gasteiger partial charge on any atom is -0.329 e. The van der Waals surface area contributed by atoms with Gasteiger partial charge in [0.1, 0.15) is 5.03 Å². The van der Waals surface area contributed by atoms with Crippen molar-refractivity contribution in [1.29, 1.82) is 0 Å². The first-order valence-electron chi connectivity index (χ1n) is 5.63. The van der Waals surface area contributed by atoms with E-state index in [0.717, 1.165) is 30.4 Å². The Labute approximate surface area is 101 Å². The van der Waals surface area contributed by atoms with Crippen molar-refractivity contribution in [1.82, 2.24) is 14.9 Å². The molecule has 2 rings (SSSR count). The summed E-state index contributed by atoms with van der Waals surface area (Å²) in [5.74, 6) is 0. The Morgan fingerprint density at radius 3 is 3.06 bits per heavy atom. The van der Waals surface area contributed by atoms with Gasteiger partial charge in [-0.1, -0.05) is 0 Å². The van der Waals surface area contributed by atoms with Crippen LogP contribution in [0, 0.1) is 0 Å². The third-order valence-corrected chi connectivity index (χ3v) is 3.78. The molecule has 0 amide bonds. The van der Waals surface area contributed by atoms with E-state index in [2.05, 4.69) is 14.9 Å². The minimum atomic E-state index is 0.525. The van der Waals surface area contributed by atoms with Gasteiger partial charge >= 0.3 is 0 Å². The molecule has 1 saturated heterocycles. The summed E-state index contributed by atoms with van der Waals surface area (Å²) in [6.07, 6.45) is 8.02. The largest absolute Gasteiger partial charge is 0.329 e. The maximum atomic E-state index is 5.77. The summed E-state index contributed by atoms with van der Waals surface area (Å²) in [6, 6.07) is 0.525. The molecule has 5 heteroatoms. The third-order valence-electron chi connectivity index (χ3n) is 3.05. The second-order valence-corrected chi connectivity index (χ2v) is 4.81. The molecule has 1 aromatic heterocycles. The van der Waals surface area contributed by atoms with E-state index in [-0.39, 0.29) is 0 Å². The number of aromatic nitrogens is 2. The summed E-state index contributed by atoms with van der Waals surface area (Å²) >= 11 is 1.66. The zero-order valence-corrected chi connectivity index (χ0v) is 10.4. The first kappa shape index (κ1) is 11.8. The number of nitrogens with two attached hydrogens (primary N) is 1. The maximum Gasteiger partial charge on any atom is 0.119 e. The van der Waals surface area contributed by atoms with Crippen LogP contribution in [0.15, 0.2) is 17.4 Å². The molecule has 1 unspecified atom stereocenters. The highest BCUT2D eigenvalue weighted by atomic mass is 32.2. The second kappa shape index (κ2) is 5.61. The SMILES string of the molecule is CSc1nccnc1CN1CCCC1CN. The van der Waals surface area contributed by atoms with E-state index in [1.807, 2.05) is 6.26 Å². The molecule has 0 aromatic carbocycles. The van der Waals surface area contributed by atoms with Crippen molar-refractivity contribution in [2.24, 2.45) is 5.73 Å². The van der Waals surface area contributed by atoms with Crippen molar-refractivity contribution in [3.63, 3.8) is 0 Å². The van der Waals surface area contributed by atoms with Crippen LogP contribution in [0.25, 0.3) is 0 Å². The number of likely N-dealkylation sites (tertiary alicyclic amines) is 1. The zero-order valence-electron chi connectivity index (χ0n) is 9.59. The molecule has 0 spiro atoms. The summed E-state index contributed by atoms with van der Waals surface area (Å²) in [5, 5.41) is 1.03. The molecule has 2 N–H and O–H groups in total. The molecular weight excluding hydrogens is 220 g/mol. The van der Waals surface area contributed by atoms with Gasteiger partial charge in [0.2, 0.25) is 0 Å². The summed E-state index contributed by atoms with van der Waals surface area (Å²) < 4.78 is 0. The lowest BCUT2D eigenvalue weighted by molar-refractivity contribution is 0.245. The van der Waals surface area contributed by atoms with Gasteiger partial charge in [0.25, 0.3) is 0 Å². The van der Waals surface area contributed by atoms with Crippen molar-refractivity contribution in [3.05, 3.63) is 18.1 Å². The Balaban J connectivity index is 2.08. The zero-order chi connectivity index (χ0) is 11.4. The Morgan fingerprint density at radius 1 is 1.50 bits per heavy atom. The van der Waals surface area contributed by atoms with Crippen LogP contribution in [0.4, 0.5) is 0 Å². The highest BCUT2D eigenvalue weighted by Gasteiger charge is 2.24.